The maximum Gasteiger partial charge on any atom is 0.131 e. The molecule has 4 nitrogen and oxygen atoms in total. The minimum absolute atomic E-state index is 0.799. The van der Waals surface area contributed by atoms with Crippen molar-refractivity contribution in [2.75, 3.05) is 49.2 Å². The van der Waals surface area contributed by atoms with Gasteiger partial charge in [0.15, 0.2) is 0 Å². The lowest BCUT2D eigenvalue weighted by atomic mass is 10.1. The molecule has 0 amide bonds. The predicted molar refractivity (Wildman–Crippen MR) is 90.8 cm³/mol. The van der Waals surface area contributed by atoms with E-state index in [-0.39, 0.29) is 0 Å². The average Bonchev–Trinajstić information content (AvgIpc) is 2.62. The van der Waals surface area contributed by atoms with Crippen molar-refractivity contribution in [3.8, 4) is 0 Å². The van der Waals surface area contributed by atoms with Crippen molar-refractivity contribution >= 4 is 22.4 Å². The Kier molecular flexibility index (Phi) is 3.85. The number of benzene rings is 1. The minimum Gasteiger partial charge on any atom is -0.378 e. The lowest BCUT2D eigenvalue weighted by molar-refractivity contribution is 0.122. The molecule has 0 unspecified atom stereocenters. The summed E-state index contributed by atoms with van der Waals surface area (Å²) in [5.41, 5.74) is 2.46. The van der Waals surface area contributed by atoms with Crippen molar-refractivity contribution in [3.63, 3.8) is 0 Å². The molecule has 0 atom stereocenters. The van der Waals surface area contributed by atoms with Gasteiger partial charge in [0, 0.05) is 43.3 Å². The number of aromatic nitrogens is 1. The number of morpholine rings is 1. The molecular weight excluding hydrogens is 274 g/mol. The van der Waals surface area contributed by atoms with E-state index in [4.69, 9.17) is 9.72 Å². The number of pyridine rings is 1. The number of hydrogen-bond acceptors (Lipinski definition) is 4. The fourth-order valence-corrected chi connectivity index (χ4v) is 3.49. The van der Waals surface area contributed by atoms with Crippen LogP contribution in [0.1, 0.15) is 19.3 Å². The molecule has 3 heterocycles. The van der Waals surface area contributed by atoms with Gasteiger partial charge in [-0.05, 0) is 25.3 Å². The third-order valence-electron chi connectivity index (χ3n) is 4.71. The van der Waals surface area contributed by atoms with E-state index in [2.05, 4.69) is 40.1 Å². The Bertz CT molecular complexity index is 646. The van der Waals surface area contributed by atoms with Gasteiger partial charge in [-0.2, -0.15) is 0 Å². The van der Waals surface area contributed by atoms with Crippen LogP contribution in [-0.4, -0.2) is 44.4 Å². The number of fused-ring (bicyclic) bond motifs is 1. The molecule has 2 aliphatic rings. The normalized spacial score (nSPS) is 19.6. The zero-order valence-electron chi connectivity index (χ0n) is 13.0. The molecule has 0 spiro atoms. The number of nitrogens with zero attached hydrogens (tertiary/aromatic N) is 3. The molecule has 0 aliphatic carbocycles. The largest absolute Gasteiger partial charge is 0.378 e. The molecule has 2 aromatic rings. The van der Waals surface area contributed by atoms with Crippen LogP contribution in [0.3, 0.4) is 0 Å². The fraction of sp³-hybridized carbons (Fsp3) is 0.500. The van der Waals surface area contributed by atoms with Crippen molar-refractivity contribution < 1.29 is 4.74 Å². The van der Waals surface area contributed by atoms with E-state index in [0.29, 0.717) is 0 Å². The first kappa shape index (κ1) is 13.8. The van der Waals surface area contributed by atoms with E-state index < -0.39 is 0 Å². The van der Waals surface area contributed by atoms with Crippen LogP contribution in [0, 0.1) is 0 Å². The van der Waals surface area contributed by atoms with Gasteiger partial charge in [0.25, 0.3) is 0 Å². The summed E-state index contributed by atoms with van der Waals surface area (Å²) in [6, 6.07) is 10.8. The van der Waals surface area contributed by atoms with Crippen molar-refractivity contribution in [1.82, 2.24) is 4.98 Å². The SMILES string of the molecule is c1ccc2c(N3CCCCC3)cc(N3CCOCC3)nc2c1. The third-order valence-corrected chi connectivity index (χ3v) is 4.71. The molecule has 0 N–H and O–H groups in total. The molecule has 4 heteroatoms. The average molecular weight is 297 g/mol. The fourth-order valence-electron chi connectivity index (χ4n) is 3.49. The third kappa shape index (κ3) is 2.63. The molecule has 1 aromatic carbocycles. The molecular formula is C18H23N3O. The summed E-state index contributed by atoms with van der Waals surface area (Å²) in [4.78, 5) is 9.79. The summed E-state index contributed by atoms with van der Waals surface area (Å²) < 4.78 is 5.48. The first-order chi connectivity index (χ1) is 10.9. The van der Waals surface area contributed by atoms with Crippen molar-refractivity contribution in [2.45, 2.75) is 19.3 Å². The molecule has 2 fully saturated rings. The Morgan fingerprint density at radius 1 is 0.864 bits per heavy atom. The smallest absolute Gasteiger partial charge is 0.131 e. The van der Waals surface area contributed by atoms with Crippen LogP contribution in [0.2, 0.25) is 0 Å². The number of para-hydroxylation sites is 1. The molecule has 116 valence electrons. The van der Waals surface area contributed by atoms with E-state index in [1.54, 1.807) is 0 Å². The molecule has 4 rings (SSSR count). The maximum absolute atomic E-state index is 5.48. The Labute approximate surface area is 131 Å². The molecule has 0 radical (unpaired) electrons. The first-order valence-electron chi connectivity index (χ1n) is 8.39. The highest BCUT2D eigenvalue weighted by Crippen LogP contribution is 2.32. The second-order valence-corrected chi connectivity index (χ2v) is 6.16. The van der Waals surface area contributed by atoms with Gasteiger partial charge in [-0.1, -0.05) is 18.2 Å². The zero-order valence-corrected chi connectivity index (χ0v) is 13.0. The molecule has 0 bridgehead atoms. The lowest BCUT2D eigenvalue weighted by Gasteiger charge is -2.32. The van der Waals surface area contributed by atoms with Gasteiger partial charge in [0.1, 0.15) is 5.82 Å². The summed E-state index contributed by atoms with van der Waals surface area (Å²) in [5.74, 6) is 1.10. The van der Waals surface area contributed by atoms with E-state index in [0.717, 1.165) is 50.7 Å². The quantitative estimate of drug-likeness (QED) is 0.852. The number of rotatable bonds is 2. The van der Waals surface area contributed by atoms with E-state index in [1.165, 1.54) is 30.3 Å². The van der Waals surface area contributed by atoms with Crippen LogP contribution in [-0.2, 0) is 4.74 Å². The molecule has 0 saturated carbocycles. The van der Waals surface area contributed by atoms with Crippen LogP contribution in [0.5, 0.6) is 0 Å². The first-order valence-corrected chi connectivity index (χ1v) is 8.39. The van der Waals surface area contributed by atoms with Gasteiger partial charge >= 0.3 is 0 Å². The number of ether oxygens (including phenoxy) is 1. The van der Waals surface area contributed by atoms with Crippen LogP contribution in [0.4, 0.5) is 11.5 Å². The Hall–Kier alpha value is -1.81. The van der Waals surface area contributed by atoms with Gasteiger partial charge in [0.05, 0.1) is 18.7 Å². The number of piperidine rings is 1. The number of hydrogen-bond donors (Lipinski definition) is 0. The molecule has 2 aliphatic heterocycles. The molecule has 2 saturated heterocycles. The standard InChI is InChI=1S/C18H23N3O/c1-4-8-20(9-5-1)17-14-18(21-10-12-22-13-11-21)19-16-7-3-2-6-15(16)17/h2-3,6-7,14H,1,4-5,8-13H2. The van der Waals surface area contributed by atoms with Gasteiger partial charge in [-0.3, -0.25) is 0 Å². The lowest BCUT2D eigenvalue weighted by Crippen LogP contribution is -2.37. The van der Waals surface area contributed by atoms with Crippen LogP contribution < -0.4 is 9.80 Å². The minimum atomic E-state index is 0.799. The summed E-state index contributed by atoms with van der Waals surface area (Å²) in [6.07, 6.45) is 3.95. The van der Waals surface area contributed by atoms with Crippen LogP contribution in [0.15, 0.2) is 30.3 Å². The van der Waals surface area contributed by atoms with E-state index >= 15 is 0 Å². The maximum atomic E-state index is 5.48. The van der Waals surface area contributed by atoms with Gasteiger partial charge in [0.2, 0.25) is 0 Å². The second kappa shape index (κ2) is 6.13. The van der Waals surface area contributed by atoms with E-state index in [1.807, 2.05) is 0 Å². The monoisotopic (exact) mass is 297 g/mol. The molecule has 22 heavy (non-hydrogen) atoms. The van der Waals surface area contributed by atoms with Crippen molar-refractivity contribution in [2.24, 2.45) is 0 Å². The highest BCUT2D eigenvalue weighted by molar-refractivity contribution is 5.93. The zero-order chi connectivity index (χ0) is 14.8. The highest BCUT2D eigenvalue weighted by atomic mass is 16.5. The summed E-state index contributed by atoms with van der Waals surface area (Å²) in [7, 11) is 0. The van der Waals surface area contributed by atoms with Gasteiger partial charge < -0.3 is 14.5 Å². The highest BCUT2D eigenvalue weighted by Gasteiger charge is 2.18. The number of anilines is 2. The van der Waals surface area contributed by atoms with Crippen LogP contribution in [0.25, 0.3) is 10.9 Å². The summed E-state index contributed by atoms with van der Waals surface area (Å²) in [6.45, 7) is 5.80. The van der Waals surface area contributed by atoms with Crippen molar-refractivity contribution in [1.29, 1.82) is 0 Å². The Balaban J connectivity index is 1.78. The summed E-state index contributed by atoms with van der Waals surface area (Å²) >= 11 is 0. The van der Waals surface area contributed by atoms with Gasteiger partial charge in [-0.25, -0.2) is 4.98 Å². The summed E-state index contributed by atoms with van der Waals surface area (Å²) in [5, 5.41) is 1.28. The molecule has 1 aromatic heterocycles. The van der Waals surface area contributed by atoms with Crippen molar-refractivity contribution in [3.05, 3.63) is 30.3 Å². The predicted octanol–water partition coefficient (Wildman–Crippen LogP) is 3.06. The second-order valence-electron chi connectivity index (χ2n) is 6.16. The van der Waals surface area contributed by atoms with E-state index in [9.17, 15) is 0 Å². The Morgan fingerprint density at radius 2 is 1.64 bits per heavy atom. The van der Waals surface area contributed by atoms with Gasteiger partial charge in [-0.15, -0.1) is 0 Å². The van der Waals surface area contributed by atoms with Crippen LogP contribution >= 0.6 is 0 Å². The topological polar surface area (TPSA) is 28.6 Å². The Morgan fingerprint density at radius 3 is 2.45 bits per heavy atom.